The molecule has 0 bridgehead atoms. The van der Waals surface area contributed by atoms with Gasteiger partial charge in [0.2, 0.25) is 5.91 Å². The summed E-state index contributed by atoms with van der Waals surface area (Å²) in [7, 11) is 1.74. The van der Waals surface area contributed by atoms with E-state index in [4.69, 9.17) is 4.42 Å². The van der Waals surface area contributed by atoms with Gasteiger partial charge in [0.15, 0.2) is 0 Å². The highest BCUT2D eigenvalue weighted by atomic mass is 32.2. The molecule has 0 aliphatic rings. The third kappa shape index (κ3) is 5.74. The van der Waals surface area contributed by atoms with Crippen molar-refractivity contribution in [3.63, 3.8) is 0 Å². The van der Waals surface area contributed by atoms with Crippen LogP contribution in [0.1, 0.15) is 27.4 Å². The van der Waals surface area contributed by atoms with Gasteiger partial charge in [-0.2, -0.15) is 0 Å². The molecule has 2 aromatic carbocycles. The predicted octanol–water partition coefficient (Wildman–Crippen LogP) is 4.90. The Balaban J connectivity index is 1.62. The maximum atomic E-state index is 12.9. The molecule has 2 amide bonds. The monoisotopic (exact) mass is 408 g/mol. The molecule has 0 fully saturated rings. The zero-order valence-electron chi connectivity index (χ0n) is 16.8. The Morgan fingerprint density at radius 2 is 1.72 bits per heavy atom. The quantitative estimate of drug-likeness (QED) is 0.565. The highest BCUT2D eigenvalue weighted by molar-refractivity contribution is 8.00. The fourth-order valence-corrected chi connectivity index (χ4v) is 3.67. The third-order valence-electron chi connectivity index (χ3n) is 4.35. The second-order valence-corrected chi connectivity index (χ2v) is 7.89. The Bertz CT molecular complexity index is 995. The molecule has 0 aliphatic carbocycles. The highest BCUT2D eigenvalue weighted by Gasteiger charge is 2.18. The molecule has 1 heterocycles. The molecule has 3 aromatic rings. The van der Waals surface area contributed by atoms with Crippen LogP contribution in [0.25, 0.3) is 0 Å². The number of nitrogens with zero attached hydrogens (tertiary/aromatic N) is 1. The first kappa shape index (κ1) is 20.7. The summed E-state index contributed by atoms with van der Waals surface area (Å²) in [6.07, 6.45) is 0. The van der Waals surface area contributed by atoms with Crippen LogP contribution >= 0.6 is 11.8 Å². The van der Waals surface area contributed by atoms with E-state index in [0.717, 1.165) is 27.7 Å². The van der Waals surface area contributed by atoms with Gasteiger partial charge in [0.1, 0.15) is 11.5 Å². The minimum absolute atomic E-state index is 0.110. The smallest absolute Gasteiger partial charge is 0.255 e. The summed E-state index contributed by atoms with van der Waals surface area (Å²) in [4.78, 5) is 27.6. The summed E-state index contributed by atoms with van der Waals surface area (Å²) in [5.74, 6) is 1.55. The molecule has 6 heteroatoms. The summed E-state index contributed by atoms with van der Waals surface area (Å²) < 4.78 is 5.56. The van der Waals surface area contributed by atoms with E-state index in [9.17, 15) is 9.59 Å². The minimum atomic E-state index is -0.111. The first-order valence-electron chi connectivity index (χ1n) is 9.31. The van der Waals surface area contributed by atoms with Gasteiger partial charge in [-0.1, -0.05) is 29.8 Å². The van der Waals surface area contributed by atoms with Gasteiger partial charge in [0, 0.05) is 17.6 Å². The van der Waals surface area contributed by atoms with Crippen molar-refractivity contribution >= 4 is 29.3 Å². The summed E-state index contributed by atoms with van der Waals surface area (Å²) in [5, 5.41) is 2.88. The van der Waals surface area contributed by atoms with E-state index in [-0.39, 0.29) is 17.6 Å². The van der Waals surface area contributed by atoms with Crippen LogP contribution in [-0.4, -0.2) is 29.5 Å². The van der Waals surface area contributed by atoms with Crippen LogP contribution in [0.3, 0.4) is 0 Å². The predicted molar refractivity (Wildman–Crippen MR) is 116 cm³/mol. The molecule has 0 saturated heterocycles. The average molecular weight is 409 g/mol. The Morgan fingerprint density at radius 1 is 1.00 bits per heavy atom. The number of hydrogen-bond acceptors (Lipinski definition) is 4. The fraction of sp³-hybridized carbons (Fsp3) is 0.217. The second kappa shape index (κ2) is 9.47. The van der Waals surface area contributed by atoms with Gasteiger partial charge in [-0.15, -0.1) is 11.8 Å². The number of carbonyl (C=O) groups excluding carboxylic acids is 2. The van der Waals surface area contributed by atoms with Gasteiger partial charge < -0.3 is 14.6 Å². The molecule has 1 aromatic heterocycles. The van der Waals surface area contributed by atoms with Crippen molar-refractivity contribution in [2.75, 3.05) is 18.1 Å². The maximum absolute atomic E-state index is 12.9. The molecule has 0 atom stereocenters. The number of benzene rings is 2. The van der Waals surface area contributed by atoms with Gasteiger partial charge in [0.05, 0.1) is 17.9 Å². The number of carbonyl (C=O) groups is 2. The molecule has 0 radical (unpaired) electrons. The van der Waals surface area contributed by atoms with Crippen LogP contribution in [0.2, 0.25) is 0 Å². The Morgan fingerprint density at radius 3 is 2.41 bits per heavy atom. The number of anilines is 1. The van der Waals surface area contributed by atoms with Gasteiger partial charge >= 0.3 is 0 Å². The largest absolute Gasteiger partial charge is 0.464 e. The molecule has 5 nitrogen and oxygen atoms in total. The zero-order chi connectivity index (χ0) is 20.8. The summed E-state index contributed by atoms with van der Waals surface area (Å²) in [5.41, 5.74) is 2.48. The lowest BCUT2D eigenvalue weighted by atomic mass is 10.2. The lowest BCUT2D eigenvalue weighted by molar-refractivity contribution is -0.113. The van der Waals surface area contributed by atoms with E-state index >= 15 is 0 Å². The van der Waals surface area contributed by atoms with Crippen LogP contribution in [0, 0.1) is 13.8 Å². The van der Waals surface area contributed by atoms with E-state index in [1.807, 2.05) is 68.4 Å². The number of hydrogen-bond donors (Lipinski definition) is 1. The summed E-state index contributed by atoms with van der Waals surface area (Å²) >= 11 is 1.35. The van der Waals surface area contributed by atoms with Crippen molar-refractivity contribution in [3.05, 3.63) is 83.3 Å². The van der Waals surface area contributed by atoms with Crippen molar-refractivity contribution in [3.8, 4) is 0 Å². The van der Waals surface area contributed by atoms with Crippen molar-refractivity contribution in [2.45, 2.75) is 25.3 Å². The highest BCUT2D eigenvalue weighted by Crippen LogP contribution is 2.24. The van der Waals surface area contributed by atoms with E-state index in [2.05, 4.69) is 5.32 Å². The maximum Gasteiger partial charge on any atom is 0.255 e. The summed E-state index contributed by atoms with van der Waals surface area (Å²) in [6.45, 7) is 4.26. The van der Waals surface area contributed by atoms with Crippen LogP contribution in [0.4, 0.5) is 5.69 Å². The Kier molecular flexibility index (Phi) is 6.77. The van der Waals surface area contributed by atoms with Crippen LogP contribution in [0.15, 0.2) is 70.0 Å². The molecule has 1 N–H and O–H groups in total. The minimum Gasteiger partial charge on any atom is -0.464 e. The molecule has 150 valence electrons. The Hall–Kier alpha value is -2.99. The number of rotatable bonds is 7. The number of amides is 2. The fourth-order valence-electron chi connectivity index (χ4n) is 2.83. The van der Waals surface area contributed by atoms with Crippen LogP contribution in [0.5, 0.6) is 0 Å². The molecule has 0 spiro atoms. The van der Waals surface area contributed by atoms with Crippen molar-refractivity contribution in [2.24, 2.45) is 0 Å². The molecule has 0 aliphatic heterocycles. The summed E-state index contributed by atoms with van der Waals surface area (Å²) in [6, 6.07) is 18.7. The molecule has 0 unspecified atom stereocenters. The normalized spacial score (nSPS) is 10.6. The van der Waals surface area contributed by atoms with Gasteiger partial charge in [-0.05, 0) is 50.2 Å². The van der Waals surface area contributed by atoms with Crippen LogP contribution < -0.4 is 5.32 Å². The standard InChI is InChI=1S/C23H24N2O3S/c1-16-8-11-18(12-9-16)24-22(26)15-29-21-7-5-4-6-20(21)23(27)25(3)14-19-13-10-17(2)28-19/h4-13H,14-15H2,1-3H3,(H,24,26). The number of furan rings is 1. The molecule has 29 heavy (non-hydrogen) atoms. The van der Waals surface area contributed by atoms with E-state index in [1.165, 1.54) is 11.8 Å². The molecular weight excluding hydrogens is 384 g/mol. The lowest BCUT2D eigenvalue weighted by Gasteiger charge is -2.18. The second-order valence-electron chi connectivity index (χ2n) is 6.87. The number of nitrogens with one attached hydrogen (secondary N) is 1. The first-order valence-corrected chi connectivity index (χ1v) is 10.3. The van der Waals surface area contributed by atoms with Gasteiger partial charge in [0.25, 0.3) is 5.91 Å². The van der Waals surface area contributed by atoms with Crippen molar-refractivity contribution in [1.29, 1.82) is 0 Å². The number of aryl methyl sites for hydroxylation is 2. The lowest BCUT2D eigenvalue weighted by Crippen LogP contribution is -2.26. The van der Waals surface area contributed by atoms with Crippen molar-refractivity contribution in [1.82, 2.24) is 4.90 Å². The van der Waals surface area contributed by atoms with Gasteiger partial charge in [-0.25, -0.2) is 0 Å². The Labute approximate surface area is 175 Å². The van der Waals surface area contributed by atoms with Gasteiger partial charge in [-0.3, -0.25) is 9.59 Å². The molecule has 0 saturated carbocycles. The van der Waals surface area contributed by atoms with E-state index in [0.29, 0.717) is 12.1 Å². The topological polar surface area (TPSA) is 62.6 Å². The zero-order valence-corrected chi connectivity index (χ0v) is 17.6. The molecular formula is C23H24N2O3S. The van der Waals surface area contributed by atoms with E-state index in [1.54, 1.807) is 18.0 Å². The average Bonchev–Trinajstić information content (AvgIpc) is 3.12. The first-order chi connectivity index (χ1) is 13.9. The van der Waals surface area contributed by atoms with Crippen LogP contribution in [-0.2, 0) is 11.3 Å². The molecule has 3 rings (SSSR count). The number of thioether (sulfide) groups is 1. The third-order valence-corrected chi connectivity index (χ3v) is 5.42. The SMILES string of the molecule is Cc1ccc(NC(=O)CSc2ccccc2C(=O)N(C)Cc2ccc(C)o2)cc1. The van der Waals surface area contributed by atoms with Crippen molar-refractivity contribution < 1.29 is 14.0 Å². The van der Waals surface area contributed by atoms with E-state index < -0.39 is 0 Å².